The molecule has 1 amide bonds. The van der Waals surface area contributed by atoms with Gasteiger partial charge in [0.1, 0.15) is 5.76 Å². The molecule has 6 nitrogen and oxygen atoms in total. The lowest BCUT2D eigenvalue weighted by Crippen LogP contribution is -2.49. The van der Waals surface area contributed by atoms with E-state index in [1.54, 1.807) is 17.5 Å². The van der Waals surface area contributed by atoms with E-state index in [2.05, 4.69) is 15.3 Å². The number of oxazole rings is 1. The molecule has 0 aromatic carbocycles. The first-order valence-corrected chi connectivity index (χ1v) is 9.55. The van der Waals surface area contributed by atoms with Crippen molar-refractivity contribution >= 4 is 17.2 Å². The minimum atomic E-state index is -0.00602. The van der Waals surface area contributed by atoms with Gasteiger partial charge in [0.25, 0.3) is 0 Å². The van der Waals surface area contributed by atoms with Gasteiger partial charge in [0.2, 0.25) is 11.8 Å². The van der Waals surface area contributed by atoms with Gasteiger partial charge in [-0.3, -0.25) is 9.78 Å². The van der Waals surface area contributed by atoms with Crippen LogP contribution in [0.25, 0.3) is 11.5 Å². The van der Waals surface area contributed by atoms with Crippen molar-refractivity contribution in [2.45, 2.75) is 19.4 Å². The number of piperazine rings is 1. The summed E-state index contributed by atoms with van der Waals surface area (Å²) < 4.78 is 5.76. The first-order chi connectivity index (χ1) is 12.7. The minimum absolute atomic E-state index is 0.00602. The molecule has 134 valence electrons. The van der Waals surface area contributed by atoms with Gasteiger partial charge in [-0.1, -0.05) is 6.07 Å². The summed E-state index contributed by atoms with van der Waals surface area (Å²) in [5.74, 6) is 1.34. The Hall–Kier alpha value is -2.51. The number of carbonyl (C=O) groups is 1. The van der Waals surface area contributed by atoms with Crippen LogP contribution in [-0.4, -0.2) is 40.4 Å². The number of nitrogens with one attached hydrogen (secondary N) is 1. The molecule has 1 fully saturated rings. The fourth-order valence-corrected chi connectivity index (χ4v) is 3.85. The Morgan fingerprint density at radius 3 is 3.15 bits per heavy atom. The normalized spacial score (nSPS) is 17.4. The maximum absolute atomic E-state index is 13.0. The quantitative estimate of drug-likeness (QED) is 0.767. The molecule has 1 atom stereocenters. The first kappa shape index (κ1) is 16.9. The summed E-state index contributed by atoms with van der Waals surface area (Å²) >= 11 is 1.60. The molecule has 0 radical (unpaired) electrons. The van der Waals surface area contributed by atoms with E-state index in [4.69, 9.17) is 4.42 Å². The topological polar surface area (TPSA) is 71.3 Å². The van der Waals surface area contributed by atoms with Crippen LogP contribution in [0.5, 0.6) is 0 Å². The van der Waals surface area contributed by atoms with Gasteiger partial charge >= 0.3 is 0 Å². The summed E-state index contributed by atoms with van der Waals surface area (Å²) in [6, 6.07) is 5.88. The Balaban J connectivity index is 1.53. The summed E-state index contributed by atoms with van der Waals surface area (Å²) in [5.41, 5.74) is 2.70. The lowest BCUT2D eigenvalue weighted by atomic mass is 10.0. The maximum Gasteiger partial charge on any atom is 0.229 e. The third-order valence-electron chi connectivity index (χ3n) is 4.61. The number of rotatable bonds is 4. The van der Waals surface area contributed by atoms with Gasteiger partial charge in [-0.05, 0) is 30.0 Å². The van der Waals surface area contributed by atoms with Gasteiger partial charge in [0.05, 0.1) is 18.2 Å². The van der Waals surface area contributed by atoms with E-state index < -0.39 is 0 Å². The standard InChI is InChI=1S/C19H20N4O2S/c1-13-16(22-19(25-13)15-4-8-26-12-15)9-18(24)23-7-6-21-11-17(23)14-3-2-5-20-10-14/h2-5,8,10,12,17,21H,6-7,9,11H2,1H3. The number of carbonyl (C=O) groups excluding carboxylic acids is 1. The van der Waals surface area contributed by atoms with Crippen molar-refractivity contribution in [2.75, 3.05) is 19.6 Å². The van der Waals surface area contributed by atoms with Crippen molar-refractivity contribution in [2.24, 2.45) is 0 Å². The molecule has 0 saturated carbocycles. The van der Waals surface area contributed by atoms with E-state index in [1.807, 2.05) is 47.0 Å². The van der Waals surface area contributed by atoms with Crippen LogP contribution in [0.3, 0.4) is 0 Å². The highest BCUT2D eigenvalue weighted by Gasteiger charge is 2.29. The number of hydrogen-bond donors (Lipinski definition) is 1. The summed E-state index contributed by atoms with van der Waals surface area (Å²) in [6.07, 6.45) is 3.82. The average molecular weight is 368 g/mol. The smallest absolute Gasteiger partial charge is 0.229 e. The average Bonchev–Trinajstić information content (AvgIpc) is 3.33. The summed E-state index contributed by atoms with van der Waals surface area (Å²) in [4.78, 5) is 23.7. The Bertz CT molecular complexity index is 876. The predicted molar refractivity (Wildman–Crippen MR) is 99.8 cm³/mol. The van der Waals surface area contributed by atoms with E-state index in [0.29, 0.717) is 23.9 Å². The summed E-state index contributed by atoms with van der Waals surface area (Å²) in [7, 11) is 0. The molecule has 4 rings (SSSR count). The minimum Gasteiger partial charge on any atom is -0.441 e. The third kappa shape index (κ3) is 3.40. The third-order valence-corrected chi connectivity index (χ3v) is 5.30. The summed E-state index contributed by atoms with van der Waals surface area (Å²) in [5, 5.41) is 7.34. The van der Waals surface area contributed by atoms with Crippen molar-refractivity contribution in [1.29, 1.82) is 0 Å². The van der Waals surface area contributed by atoms with Gasteiger partial charge in [-0.15, -0.1) is 0 Å². The van der Waals surface area contributed by atoms with Crippen LogP contribution in [0, 0.1) is 6.92 Å². The zero-order chi connectivity index (χ0) is 17.9. The Kier molecular flexibility index (Phi) is 4.81. The number of aryl methyl sites for hydroxylation is 1. The van der Waals surface area contributed by atoms with Crippen LogP contribution < -0.4 is 5.32 Å². The second-order valence-electron chi connectivity index (χ2n) is 6.30. The molecule has 7 heteroatoms. The molecule has 0 aliphatic carbocycles. The molecule has 3 aromatic rings. The fourth-order valence-electron chi connectivity index (χ4n) is 3.22. The van der Waals surface area contributed by atoms with Crippen LogP contribution in [0.15, 0.2) is 45.8 Å². The van der Waals surface area contributed by atoms with Gasteiger partial charge in [0.15, 0.2) is 0 Å². The Labute approximate surface area is 155 Å². The molecule has 26 heavy (non-hydrogen) atoms. The number of thiophene rings is 1. The highest BCUT2D eigenvalue weighted by atomic mass is 32.1. The van der Waals surface area contributed by atoms with E-state index in [-0.39, 0.29) is 18.4 Å². The van der Waals surface area contributed by atoms with Gasteiger partial charge in [-0.25, -0.2) is 4.98 Å². The molecular weight excluding hydrogens is 348 g/mol. The molecule has 3 aromatic heterocycles. The van der Waals surface area contributed by atoms with Crippen LogP contribution in [0.1, 0.15) is 23.1 Å². The maximum atomic E-state index is 13.0. The van der Waals surface area contributed by atoms with Crippen molar-refractivity contribution in [1.82, 2.24) is 20.2 Å². The number of pyridine rings is 1. The molecule has 4 heterocycles. The monoisotopic (exact) mass is 368 g/mol. The second kappa shape index (κ2) is 7.39. The van der Waals surface area contributed by atoms with Gasteiger partial charge in [-0.2, -0.15) is 11.3 Å². The summed E-state index contributed by atoms with van der Waals surface area (Å²) in [6.45, 7) is 4.06. The Morgan fingerprint density at radius 1 is 1.46 bits per heavy atom. The lowest BCUT2D eigenvalue weighted by molar-refractivity contribution is -0.133. The highest BCUT2D eigenvalue weighted by molar-refractivity contribution is 7.08. The van der Waals surface area contributed by atoms with E-state index in [1.165, 1.54) is 0 Å². The number of aromatic nitrogens is 2. The van der Waals surface area contributed by atoms with Crippen molar-refractivity contribution < 1.29 is 9.21 Å². The molecule has 1 saturated heterocycles. The molecule has 1 unspecified atom stereocenters. The van der Waals surface area contributed by atoms with Gasteiger partial charge < -0.3 is 14.6 Å². The fraction of sp³-hybridized carbons (Fsp3) is 0.316. The Morgan fingerprint density at radius 2 is 2.38 bits per heavy atom. The van der Waals surface area contributed by atoms with E-state index in [0.717, 1.165) is 24.2 Å². The molecule has 1 aliphatic rings. The zero-order valence-electron chi connectivity index (χ0n) is 14.5. The number of nitrogens with zero attached hydrogens (tertiary/aromatic N) is 3. The zero-order valence-corrected chi connectivity index (χ0v) is 15.3. The predicted octanol–water partition coefficient (Wildman–Crippen LogP) is 2.82. The van der Waals surface area contributed by atoms with Gasteiger partial charge in [0, 0.05) is 43.0 Å². The number of hydrogen-bond acceptors (Lipinski definition) is 6. The van der Waals surface area contributed by atoms with E-state index in [9.17, 15) is 4.79 Å². The van der Waals surface area contributed by atoms with E-state index >= 15 is 0 Å². The number of amides is 1. The molecule has 1 N–H and O–H groups in total. The van der Waals surface area contributed by atoms with Crippen LogP contribution in [0.4, 0.5) is 0 Å². The molecule has 0 bridgehead atoms. The SMILES string of the molecule is Cc1oc(-c2ccsc2)nc1CC(=O)N1CCNCC1c1cccnc1. The molecule has 0 spiro atoms. The van der Waals surface area contributed by atoms with Crippen LogP contribution in [0.2, 0.25) is 0 Å². The van der Waals surface area contributed by atoms with Crippen LogP contribution >= 0.6 is 11.3 Å². The van der Waals surface area contributed by atoms with Crippen molar-refractivity contribution in [3.8, 4) is 11.5 Å². The van der Waals surface area contributed by atoms with Crippen molar-refractivity contribution in [3.05, 3.63) is 58.4 Å². The largest absolute Gasteiger partial charge is 0.441 e. The highest BCUT2D eigenvalue weighted by Crippen LogP contribution is 2.26. The lowest BCUT2D eigenvalue weighted by Gasteiger charge is -2.36. The van der Waals surface area contributed by atoms with Crippen LogP contribution in [-0.2, 0) is 11.2 Å². The second-order valence-corrected chi connectivity index (χ2v) is 7.08. The van der Waals surface area contributed by atoms with Crippen molar-refractivity contribution in [3.63, 3.8) is 0 Å². The molecular formula is C19H20N4O2S. The first-order valence-electron chi connectivity index (χ1n) is 8.61. The molecule has 1 aliphatic heterocycles.